The van der Waals surface area contributed by atoms with Gasteiger partial charge in [0.05, 0.1) is 5.56 Å². The smallest absolute Gasteiger partial charge is 0.376 e. The number of halogens is 3. The number of hydrogen-bond donors (Lipinski definition) is 1. The molecule has 0 aliphatic carbocycles. The lowest BCUT2D eigenvalue weighted by molar-refractivity contribution is -0.137. The average molecular weight is 367 g/mol. The standard InChI is InChI=1S/C19H24F3N3O/c1-3-5-10-25(11-6-4-2)14-15(13-23)18(26)24-17-9-7-8-16(12-17)19(20,21)22/h7-9,12,14H,3-6,10-11H2,1-2H3,(H,24,26)/b15-14-. The summed E-state index contributed by atoms with van der Waals surface area (Å²) in [6, 6.07) is 6.17. The highest BCUT2D eigenvalue weighted by Crippen LogP contribution is 2.30. The Labute approximate surface area is 152 Å². The molecule has 0 radical (unpaired) electrons. The van der Waals surface area contributed by atoms with Crippen molar-refractivity contribution < 1.29 is 18.0 Å². The van der Waals surface area contributed by atoms with Crippen molar-refractivity contribution in [2.24, 2.45) is 0 Å². The summed E-state index contributed by atoms with van der Waals surface area (Å²) in [6.45, 7) is 5.54. The summed E-state index contributed by atoms with van der Waals surface area (Å²) < 4.78 is 38.3. The number of carbonyl (C=O) groups excluding carboxylic acids is 1. The van der Waals surface area contributed by atoms with Crippen molar-refractivity contribution in [1.29, 1.82) is 5.26 Å². The van der Waals surface area contributed by atoms with E-state index in [1.54, 1.807) is 0 Å². The maximum Gasteiger partial charge on any atom is 0.416 e. The maximum absolute atomic E-state index is 12.8. The summed E-state index contributed by atoms with van der Waals surface area (Å²) in [5.74, 6) is -0.718. The third kappa shape index (κ3) is 7.18. The first kappa shape index (κ1) is 21.6. The Balaban J connectivity index is 2.92. The van der Waals surface area contributed by atoms with Crippen molar-refractivity contribution in [3.63, 3.8) is 0 Å². The van der Waals surface area contributed by atoms with Crippen LogP contribution in [-0.4, -0.2) is 23.9 Å². The molecule has 0 aliphatic heterocycles. The molecule has 0 heterocycles. The minimum Gasteiger partial charge on any atom is -0.376 e. The number of nitriles is 1. The van der Waals surface area contributed by atoms with Gasteiger partial charge in [-0.1, -0.05) is 32.8 Å². The lowest BCUT2D eigenvalue weighted by Gasteiger charge is -2.20. The van der Waals surface area contributed by atoms with Gasteiger partial charge in [0.15, 0.2) is 0 Å². The largest absolute Gasteiger partial charge is 0.416 e. The second kappa shape index (κ2) is 10.5. The summed E-state index contributed by atoms with van der Waals surface area (Å²) in [5, 5.41) is 11.6. The molecule has 0 spiro atoms. The molecule has 0 saturated heterocycles. The van der Waals surface area contributed by atoms with Gasteiger partial charge in [-0.15, -0.1) is 0 Å². The first-order valence-corrected chi connectivity index (χ1v) is 8.66. The molecule has 0 bridgehead atoms. The highest BCUT2D eigenvalue weighted by molar-refractivity contribution is 6.06. The van der Waals surface area contributed by atoms with Gasteiger partial charge in [-0.2, -0.15) is 18.4 Å². The Morgan fingerprint density at radius 3 is 2.35 bits per heavy atom. The van der Waals surface area contributed by atoms with E-state index in [1.165, 1.54) is 18.3 Å². The van der Waals surface area contributed by atoms with Gasteiger partial charge in [0.25, 0.3) is 5.91 Å². The SMILES string of the molecule is CCCCN(/C=C(/C#N)C(=O)Nc1cccc(C(F)(F)F)c1)CCCC. The zero-order valence-electron chi connectivity index (χ0n) is 15.1. The van der Waals surface area contributed by atoms with E-state index in [0.717, 1.165) is 50.9 Å². The van der Waals surface area contributed by atoms with Crippen LogP contribution in [0.2, 0.25) is 0 Å². The van der Waals surface area contributed by atoms with E-state index in [9.17, 15) is 23.2 Å². The van der Waals surface area contributed by atoms with Crippen LogP contribution in [0, 0.1) is 11.3 Å². The van der Waals surface area contributed by atoms with Gasteiger partial charge in [-0.3, -0.25) is 4.79 Å². The van der Waals surface area contributed by atoms with E-state index in [-0.39, 0.29) is 11.3 Å². The average Bonchev–Trinajstić information content (AvgIpc) is 2.60. The van der Waals surface area contributed by atoms with Crippen LogP contribution in [0.5, 0.6) is 0 Å². The summed E-state index contributed by atoms with van der Waals surface area (Å²) in [6.07, 6.45) is 0.811. The third-order valence-corrected chi connectivity index (χ3v) is 3.72. The Morgan fingerprint density at radius 2 is 1.85 bits per heavy atom. The van der Waals surface area contributed by atoms with Crippen molar-refractivity contribution in [3.05, 3.63) is 41.6 Å². The van der Waals surface area contributed by atoms with E-state index in [0.29, 0.717) is 0 Å². The summed E-state index contributed by atoms with van der Waals surface area (Å²) in [7, 11) is 0. The molecule has 0 aliphatic rings. The van der Waals surface area contributed by atoms with E-state index < -0.39 is 17.6 Å². The Bertz CT molecular complexity index is 655. The lowest BCUT2D eigenvalue weighted by atomic mass is 10.2. The first-order chi connectivity index (χ1) is 12.3. The van der Waals surface area contributed by atoms with E-state index in [2.05, 4.69) is 5.32 Å². The third-order valence-electron chi connectivity index (χ3n) is 3.72. The summed E-state index contributed by atoms with van der Waals surface area (Å²) >= 11 is 0. The van der Waals surface area contributed by atoms with Crippen LogP contribution in [-0.2, 0) is 11.0 Å². The predicted octanol–water partition coefficient (Wildman–Crippen LogP) is 4.95. The van der Waals surface area contributed by atoms with Crippen LogP contribution in [0.15, 0.2) is 36.0 Å². The molecule has 1 rings (SSSR count). The van der Waals surface area contributed by atoms with Crippen LogP contribution in [0.3, 0.4) is 0 Å². The molecule has 4 nitrogen and oxygen atoms in total. The highest BCUT2D eigenvalue weighted by Gasteiger charge is 2.30. The minimum atomic E-state index is -4.49. The van der Waals surface area contributed by atoms with Crippen molar-refractivity contribution >= 4 is 11.6 Å². The fourth-order valence-corrected chi connectivity index (χ4v) is 2.26. The normalized spacial score (nSPS) is 11.8. The summed E-state index contributed by atoms with van der Waals surface area (Å²) in [5.41, 5.74) is -0.987. The molecule has 142 valence electrons. The number of benzene rings is 1. The lowest BCUT2D eigenvalue weighted by Crippen LogP contribution is -2.23. The molecular formula is C19H24F3N3O. The predicted molar refractivity (Wildman–Crippen MR) is 95.2 cm³/mol. The van der Waals surface area contributed by atoms with Crippen molar-refractivity contribution in [2.75, 3.05) is 18.4 Å². The zero-order chi connectivity index (χ0) is 19.6. The minimum absolute atomic E-state index is 0.000332. The highest BCUT2D eigenvalue weighted by atomic mass is 19.4. The second-order valence-electron chi connectivity index (χ2n) is 5.93. The fraction of sp³-hybridized carbons (Fsp3) is 0.474. The van der Waals surface area contributed by atoms with Gasteiger partial charge in [0, 0.05) is 25.0 Å². The number of nitrogens with zero attached hydrogens (tertiary/aromatic N) is 2. The number of carbonyl (C=O) groups is 1. The van der Waals surface area contributed by atoms with E-state index in [1.807, 2.05) is 24.8 Å². The number of anilines is 1. The maximum atomic E-state index is 12.8. The van der Waals surface area contributed by atoms with Crippen molar-refractivity contribution in [3.8, 4) is 6.07 Å². The van der Waals surface area contributed by atoms with Crippen LogP contribution in [0.25, 0.3) is 0 Å². The van der Waals surface area contributed by atoms with Crippen molar-refractivity contribution in [2.45, 2.75) is 45.7 Å². The van der Waals surface area contributed by atoms with Crippen LogP contribution < -0.4 is 5.32 Å². The molecule has 1 aromatic carbocycles. The molecular weight excluding hydrogens is 343 g/mol. The number of nitrogens with one attached hydrogen (secondary N) is 1. The van der Waals surface area contributed by atoms with Crippen molar-refractivity contribution in [1.82, 2.24) is 4.90 Å². The molecule has 1 aromatic rings. The molecule has 26 heavy (non-hydrogen) atoms. The van der Waals surface area contributed by atoms with Crippen LogP contribution in [0.4, 0.5) is 18.9 Å². The number of unbranched alkanes of at least 4 members (excludes halogenated alkanes) is 2. The van der Waals surface area contributed by atoms with Gasteiger partial charge in [-0.25, -0.2) is 0 Å². The van der Waals surface area contributed by atoms with E-state index in [4.69, 9.17) is 0 Å². The number of rotatable bonds is 9. The summed E-state index contributed by atoms with van der Waals surface area (Å²) in [4.78, 5) is 14.2. The fourth-order valence-electron chi connectivity index (χ4n) is 2.26. The van der Waals surface area contributed by atoms with Gasteiger partial charge < -0.3 is 10.2 Å². The van der Waals surface area contributed by atoms with Gasteiger partial charge in [-0.05, 0) is 31.0 Å². The van der Waals surface area contributed by atoms with Crippen LogP contribution in [0.1, 0.15) is 45.1 Å². The molecule has 0 saturated carbocycles. The second-order valence-corrected chi connectivity index (χ2v) is 5.93. The van der Waals surface area contributed by atoms with E-state index >= 15 is 0 Å². The van der Waals surface area contributed by atoms with Gasteiger partial charge >= 0.3 is 6.18 Å². The topological polar surface area (TPSA) is 56.1 Å². The number of amides is 1. The molecule has 0 unspecified atom stereocenters. The number of hydrogen-bond acceptors (Lipinski definition) is 3. The van der Waals surface area contributed by atoms with Crippen LogP contribution >= 0.6 is 0 Å². The molecule has 1 N–H and O–H groups in total. The Hall–Kier alpha value is -2.49. The number of alkyl halides is 3. The first-order valence-electron chi connectivity index (χ1n) is 8.66. The molecule has 7 heteroatoms. The molecule has 0 aromatic heterocycles. The van der Waals surface area contributed by atoms with Gasteiger partial charge in [0.2, 0.25) is 0 Å². The molecule has 0 fully saturated rings. The Morgan fingerprint density at radius 1 is 1.23 bits per heavy atom. The quantitative estimate of drug-likeness (QED) is 0.496. The molecule has 1 amide bonds. The monoisotopic (exact) mass is 367 g/mol. The Kier molecular flexibility index (Phi) is 8.70. The molecule has 0 atom stereocenters. The van der Waals surface area contributed by atoms with Gasteiger partial charge in [0.1, 0.15) is 11.6 Å². The zero-order valence-corrected chi connectivity index (χ0v) is 15.1.